The number of thiazole rings is 1. The van der Waals surface area contributed by atoms with Crippen LogP contribution in [0.5, 0.6) is 0 Å². The molecule has 0 aliphatic rings. The van der Waals surface area contributed by atoms with Gasteiger partial charge in [0.15, 0.2) is 6.61 Å². The molecule has 30 heavy (non-hydrogen) atoms. The molecule has 8 nitrogen and oxygen atoms in total. The minimum atomic E-state index is -1.03. The largest absolute Gasteiger partial charge is 0.451 e. The maximum Gasteiger partial charge on any atom is 0.350 e. The Labute approximate surface area is 178 Å². The minimum Gasteiger partial charge on any atom is -0.451 e. The van der Waals surface area contributed by atoms with Crippen LogP contribution in [0.3, 0.4) is 0 Å². The third-order valence-corrected chi connectivity index (χ3v) is 5.24. The summed E-state index contributed by atoms with van der Waals surface area (Å²) in [5, 5.41) is 14.2. The summed E-state index contributed by atoms with van der Waals surface area (Å²) in [7, 11) is 0. The van der Waals surface area contributed by atoms with E-state index in [0.29, 0.717) is 15.7 Å². The highest BCUT2D eigenvalue weighted by Gasteiger charge is 2.20. The summed E-state index contributed by atoms with van der Waals surface area (Å²) in [5.74, 6) is -2.50. The molecular weight excluding hydrogens is 437 g/mol. The van der Waals surface area contributed by atoms with Crippen molar-refractivity contribution in [2.24, 2.45) is 0 Å². The SMILES string of the molecule is Cc1nc(-c2cccc(Cl)c2)sc1C(=O)OCC(=O)Nc1ccc(F)c([N+](=O)[O-])c1. The number of ether oxygens (including phenoxy) is 1. The fourth-order valence-electron chi connectivity index (χ4n) is 2.45. The molecule has 3 rings (SSSR count). The second-order valence-electron chi connectivity index (χ2n) is 5.99. The zero-order chi connectivity index (χ0) is 21.8. The smallest absolute Gasteiger partial charge is 0.350 e. The number of benzene rings is 2. The van der Waals surface area contributed by atoms with Crippen molar-refractivity contribution in [1.29, 1.82) is 0 Å². The van der Waals surface area contributed by atoms with Crippen LogP contribution in [0.25, 0.3) is 10.6 Å². The minimum absolute atomic E-state index is 0.00126. The van der Waals surface area contributed by atoms with Gasteiger partial charge in [0, 0.05) is 22.3 Å². The van der Waals surface area contributed by atoms with Crippen LogP contribution in [-0.2, 0) is 9.53 Å². The number of rotatable bonds is 6. The summed E-state index contributed by atoms with van der Waals surface area (Å²) in [4.78, 5) is 38.7. The van der Waals surface area contributed by atoms with Crippen LogP contribution in [0, 0.1) is 22.9 Å². The highest BCUT2D eigenvalue weighted by Crippen LogP contribution is 2.30. The number of nitrogens with zero attached hydrogens (tertiary/aromatic N) is 2. The maximum atomic E-state index is 13.3. The van der Waals surface area contributed by atoms with Gasteiger partial charge in [-0.1, -0.05) is 23.7 Å². The number of anilines is 1. The number of aryl methyl sites for hydroxylation is 1. The van der Waals surface area contributed by atoms with E-state index in [1.54, 1.807) is 31.2 Å². The monoisotopic (exact) mass is 449 g/mol. The molecule has 1 N–H and O–H groups in total. The molecule has 0 fully saturated rings. The van der Waals surface area contributed by atoms with Gasteiger partial charge in [0.25, 0.3) is 5.91 Å². The van der Waals surface area contributed by atoms with E-state index in [-0.39, 0.29) is 10.6 Å². The van der Waals surface area contributed by atoms with E-state index >= 15 is 0 Å². The second kappa shape index (κ2) is 8.97. The number of esters is 1. The molecular formula is C19H13ClFN3O5S. The molecule has 0 radical (unpaired) electrons. The molecule has 11 heteroatoms. The first-order valence-corrected chi connectivity index (χ1v) is 9.58. The molecule has 0 unspecified atom stereocenters. The van der Waals surface area contributed by atoms with Crippen LogP contribution in [0.4, 0.5) is 15.8 Å². The van der Waals surface area contributed by atoms with E-state index in [1.165, 1.54) is 0 Å². The average molecular weight is 450 g/mol. The van der Waals surface area contributed by atoms with Gasteiger partial charge in [-0.15, -0.1) is 11.3 Å². The summed E-state index contributed by atoms with van der Waals surface area (Å²) in [6, 6.07) is 9.88. The Morgan fingerprint density at radius 2 is 2.07 bits per heavy atom. The Hall–Kier alpha value is -3.37. The van der Waals surface area contributed by atoms with E-state index in [0.717, 1.165) is 35.1 Å². The van der Waals surface area contributed by atoms with Crippen LogP contribution in [0.2, 0.25) is 5.02 Å². The van der Waals surface area contributed by atoms with Crippen molar-refractivity contribution in [1.82, 2.24) is 4.98 Å². The lowest BCUT2D eigenvalue weighted by molar-refractivity contribution is -0.387. The van der Waals surface area contributed by atoms with E-state index in [4.69, 9.17) is 16.3 Å². The highest BCUT2D eigenvalue weighted by atomic mass is 35.5. The number of nitro groups is 1. The Bertz CT molecular complexity index is 1150. The molecule has 3 aromatic rings. The molecule has 0 bridgehead atoms. The number of hydrogen-bond donors (Lipinski definition) is 1. The maximum absolute atomic E-state index is 13.3. The molecule has 0 aliphatic heterocycles. The molecule has 1 aromatic heterocycles. The van der Waals surface area contributed by atoms with Crippen molar-refractivity contribution >= 4 is 46.2 Å². The van der Waals surface area contributed by atoms with Crippen molar-refractivity contribution in [2.75, 3.05) is 11.9 Å². The Kier molecular flexibility index (Phi) is 6.38. The first kappa shape index (κ1) is 21.3. The number of aromatic nitrogens is 1. The van der Waals surface area contributed by atoms with Crippen LogP contribution >= 0.6 is 22.9 Å². The summed E-state index contributed by atoms with van der Waals surface area (Å²) in [6.07, 6.45) is 0. The van der Waals surface area contributed by atoms with E-state index < -0.39 is 34.9 Å². The van der Waals surface area contributed by atoms with Gasteiger partial charge >= 0.3 is 11.7 Å². The van der Waals surface area contributed by atoms with Crippen molar-refractivity contribution in [2.45, 2.75) is 6.92 Å². The number of nitrogens with one attached hydrogen (secondary N) is 1. The van der Waals surface area contributed by atoms with E-state index in [1.807, 2.05) is 0 Å². The zero-order valence-electron chi connectivity index (χ0n) is 15.3. The lowest BCUT2D eigenvalue weighted by atomic mass is 10.2. The molecule has 2 aromatic carbocycles. The molecule has 0 atom stereocenters. The number of halogens is 2. The van der Waals surface area contributed by atoms with Crippen LogP contribution < -0.4 is 5.32 Å². The Morgan fingerprint density at radius 1 is 1.30 bits per heavy atom. The number of nitro benzene ring substituents is 1. The fourth-order valence-corrected chi connectivity index (χ4v) is 3.60. The standard InChI is InChI=1S/C19H13ClFN3O5S/c1-10-17(30-18(22-10)11-3-2-4-12(20)7-11)19(26)29-9-16(25)23-13-5-6-14(21)15(8-13)24(27)28/h2-8H,9H2,1H3,(H,23,25). The quantitative estimate of drug-likeness (QED) is 0.334. The lowest BCUT2D eigenvalue weighted by Gasteiger charge is -2.06. The molecule has 0 saturated heterocycles. The molecule has 0 spiro atoms. The van der Waals surface area contributed by atoms with Gasteiger partial charge in [0.2, 0.25) is 5.82 Å². The first-order valence-electron chi connectivity index (χ1n) is 8.39. The molecule has 0 aliphatic carbocycles. The van der Waals surface area contributed by atoms with Crippen molar-refractivity contribution in [3.05, 3.63) is 74.0 Å². The van der Waals surface area contributed by atoms with Gasteiger partial charge in [-0.05, 0) is 31.2 Å². The van der Waals surface area contributed by atoms with Gasteiger partial charge in [-0.25, -0.2) is 9.78 Å². The van der Waals surface area contributed by atoms with Crippen molar-refractivity contribution < 1.29 is 23.6 Å². The Morgan fingerprint density at radius 3 is 2.77 bits per heavy atom. The topological polar surface area (TPSA) is 111 Å². The fraction of sp³-hybridized carbons (Fsp3) is 0.105. The van der Waals surface area contributed by atoms with Gasteiger partial charge in [-0.2, -0.15) is 4.39 Å². The van der Waals surface area contributed by atoms with Crippen molar-refractivity contribution in [3.8, 4) is 10.6 Å². The highest BCUT2D eigenvalue weighted by molar-refractivity contribution is 7.17. The third-order valence-electron chi connectivity index (χ3n) is 3.81. The number of carbonyl (C=O) groups is 2. The predicted molar refractivity (Wildman–Crippen MR) is 109 cm³/mol. The van der Waals surface area contributed by atoms with Crippen molar-refractivity contribution in [3.63, 3.8) is 0 Å². The number of carbonyl (C=O) groups excluding carboxylic acids is 2. The molecule has 0 saturated carbocycles. The average Bonchev–Trinajstić information content (AvgIpc) is 3.09. The van der Waals surface area contributed by atoms with Gasteiger partial charge < -0.3 is 10.1 Å². The summed E-state index contributed by atoms with van der Waals surface area (Å²) < 4.78 is 18.4. The van der Waals surface area contributed by atoms with Crippen LogP contribution in [0.1, 0.15) is 15.4 Å². The lowest BCUT2D eigenvalue weighted by Crippen LogP contribution is -2.21. The second-order valence-corrected chi connectivity index (χ2v) is 7.43. The first-order chi connectivity index (χ1) is 14.2. The van der Waals surface area contributed by atoms with Gasteiger partial charge in [-0.3, -0.25) is 14.9 Å². The number of hydrogen-bond acceptors (Lipinski definition) is 7. The van der Waals surface area contributed by atoms with Gasteiger partial charge in [0.05, 0.1) is 10.6 Å². The van der Waals surface area contributed by atoms with E-state index in [2.05, 4.69) is 10.3 Å². The summed E-state index contributed by atoms with van der Waals surface area (Å²) in [5.41, 5.74) is 0.403. The predicted octanol–water partition coefficient (Wildman–Crippen LogP) is 4.61. The normalized spacial score (nSPS) is 10.5. The Balaban J connectivity index is 1.64. The summed E-state index contributed by atoms with van der Waals surface area (Å²) in [6.45, 7) is 1.01. The molecule has 1 amide bonds. The van der Waals surface area contributed by atoms with Gasteiger partial charge in [0.1, 0.15) is 9.88 Å². The zero-order valence-corrected chi connectivity index (χ0v) is 16.9. The summed E-state index contributed by atoms with van der Waals surface area (Å²) >= 11 is 7.07. The third kappa shape index (κ3) is 4.97. The number of amides is 1. The van der Waals surface area contributed by atoms with Crippen LogP contribution in [0.15, 0.2) is 42.5 Å². The van der Waals surface area contributed by atoms with Crippen LogP contribution in [-0.4, -0.2) is 28.4 Å². The van der Waals surface area contributed by atoms with E-state index in [9.17, 15) is 24.1 Å². The molecule has 154 valence electrons. The molecule has 1 heterocycles.